The molecule has 1 fully saturated rings. The van der Waals surface area contributed by atoms with Gasteiger partial charge in [-0.25, -0.2) is 0 Å². The number of aromatic nitrogens is 1. The molecule has 0 amide bonds. The van der Waals surface area contributed by atoms with Crippen LogP contribution in [-0.4, -0.2) is 34.2 Å². The van der Waals surface area contributed by atoms with Crippen molar-refractivity contribution in [1.29, 1.82) is 0 Å². The Labute approximate surface area is 117 Å². The Hall–Kier alpha value is -1.16. The molecule has 2 heterocycles. The molecule has 1 atom stereocenters. The summed E-state index contributed by atoms with van der Waals surface area (Å²) in [7, 11) is 0. The number of fused-ring (bicyclic) bond motifs is 1. The Morgan fingerprint density at radius 3 is 3.11 bits per heavy atom. The number of hydrogen-bond acceptors (Lipinski definition) is 3. The minimum absolute atomic E-state index is 0.194. The molecular formula is C15H17ClN2O. The fourth-order valence-corrected chi connectivity index (χ4v) is 2.96. The molecule has 0 bridgehead atoms. The van der Waals surface area contributed by atoms with Crippen LogP contribution in [0.1, 0.15) is 18.4 Å². The van der Waals surface area contributed by atoms with Gasteiger partial charge in [0.15, 0.2) is 0 Å². The fraction of sp³-hybridized carbons (Fsp3) is 0.400. The first kappa shape index (κ1) is 12.9. The van der Waals surface area contributed by atoms with Gasteiger partial charge in [0.2, 0.25) is 0 Å². The number of aliphatic hydroxyl groups is 1. The minimum atomic E-state index is -0.194. The van der Waals surface area contributed by atoms with E-state index in [0.717, 1.165) is 48.4 Å². The Bertz CT molecular complexity index is 587. The average molecular weight is 277 g/mol. The number of halogens is 1. The van der Waals surface area contributed by atoms with E-state index in [4.69, 9.17) is 11.6 Å². The monoisotopic (exact) mass is 276 g/mol. The highest BCUT2D eigenvalue weighted by atomic mass is 35.5. The number of aliphatic hydroxyl groups excluding tert-OH is 1. The van der Waals surface area contributed by atoms with E-state index in [1.165, 1.54) is 5.56 Å². The van der Waals surface area contributed by atoms with Crippen molar-refractivity contribution in [2.24, 2.45) is 0 Å². The van der Waals surface area contributed by atoms with E-state index in [2.05, 4.69) is 9.88 Å². The molecule has 0 spiro atoms. The summed E-state index contributed by atoms with van der Waals surface area (Å²) in [6, 6.07) is 7.88. The number of likely N-dealkylation sites (tertiary alicyclic amines) is 1. The van der Waals surface area contributed by atoms with Crippen molar-refractivity contribution in [3.05, 3.63) is 41.0 Å². The van der Waals surface area contributed by atoms with Crippen LogP contribution in [0.2, 0.25) is 5.02 Å². The lowest BCUT2D eigenvalue weighted by atomic mass is 10.1. The second-order valence-corrected chi connectivity index (χ2v) is 5.54. The van der Waals surface area contributed by atoms with E-state index < -0.39 is 0 Å². The molecule has 1 aromatic carbocycles. The summed E-state index contributed by atoms with van der Waals surface area (Å²) >= 11 is 6.20. The molecular weight excluding hydrogens is 260 g/mol. The highest BCUT2D eigenvalue weighted by Crippen LogP contribution is 2.26. The molecule has 100 valence electrons. The van der Waals surface area contributed by atoms with Crippen LogP contribution >= 0.6 is 11.6 Å². The predicted molar refractivity (Wildman–Crippen MR) is 77.3 cm³/mol. The summed E-state index contributed by atoms with van der Waals surface area (Å²) in [6.07, 6.45) is 3.57. The number of piperidine rings is 1. The van der Waals surface area contributed by atoms with Crippen molar-refractivity contribution in [3.63, 3.8) is 0 Å². The number of pyridine rings is 1. The van der Waals surface area contributed by atoms with E-state index in [1.807, 2.05) is 24.3 Å². The van der Waals surface area contributed by atoms with Crippen molar-refractivity contribution in [2.45, 2.75) is 25.5 Å². The van der Waals surface area contributed by atoms with Crippen LogP contribution in [0.25, 0.3) is 10.9 Å². The zero-order chi connectivity index (χ0) is 13.2. The van der Waals surface area contributed by atoms with E-state index in [9.17, 15) is 5.11 Å². The Morgan fingerprint density at radius 1 is 1.37 bits per heavy atom. The molecule has 0 unspecified atom stereocenters. The largest absolute Gasteiger partial charge is 0.392 e. The molecule has 3 nitrogen and oxygen atoms in total. The molecule has 1 N–H and O–H groups in total. The molecule has 0 radical (unpaired) electrons. The molecule has 3 rings (SSSR count). The highest BCUT2D eigenvalue weighted by Gasteiger charge is 2.18. The van der Waals surface area contributed by atoms with Gasteiger partial charge < -0.3 is 5.11 Å². The first-order valence-electron chi connectivity index (χ1n) is 6.66. The zero-order valence-electron chi connectivity index (χ0n) is 10.7. The molecule has 1 saturated heterocycles. The van der Waals surface area contributed by atoms with E-state index in [1.54, 1.807) is 6.20 Å². The third kappa shape index (κ3) is 2.73. The van der Waals surface area contributed by atoms with Gasteiger partial charge in [-0.15, -0.1) is 0 Å². The van der Waals surface area contributed by atoms with Crippen molar-refractivity contribution < 1.29 is 5.11 Å². The summed E-state index contributed by atoms with van der Waals surface area (Å²) in [4.78, 5) is 6.74. The van der Waals surface area contributed by atoms with Gasteiger partial charge in [-0.1, -0.05) is 17.7 Å². The quantitative estimate of drug-likeness (QED) is 0.916. The smallest absolute Gasteiger partial charge is 0.0761 e. The average Bonchev–Trinajstić information content (AvgIpc) is 2.42. The normalized spacial score (nSPS) is 20.8. The number of β-amino-alcohol motifs (C(OH)–C–C–N with tert-alkyl or cyclic N) is 1. The maximum Gasteiger partial charge on any atom is 0.0761 e. The molecule has 2 aromatic rings. The lowest BCUT2D eigenvalue weighted by molar-refractivity contribution is 0.0670. The lowest BCUT2D eigenvalue weighted by Gasteiger charge is -2.30. The summed E-state index contributed by atoms with van der Waals surface area (Å²) in [5.74, 6) is 0. The SMILES string of the molecule is O[C@@H]1CCCN(Cc2ccc(Cl)c3cccnc23)C1. The van der Waals surface area contributed by atoms with Crippen LogP contribution in [0.15, 0.2) is 30.5 Å². The fourth-order valence-electron chi connectivity index (χ4n) is 2.74. The van der Waals surface area contributed by atoms with Crippen molar-refractivity contribution in [2.75, 3.05) is 13.1 Å². The third-order valence-electron chi connectivity index (χ3n) is 3.67. The standard InChI is InChI=1S/C15H17ClN2O/c16-14-6-5-11(15-13(14)4-1-7-17-15)9-18-8-2-3-12(19)10-18/h1,4-7,12,19H,2-3,8-10H2/t12-/m1/s1. The second kappa shape index (κ2) is 5.45. The molecule has 0 aliphatic carbocycles. The molecule has 19 heavy (non-hydrogen) atoms. The lowest BCUT2D eigenvalue weighted by Crippen LogP contribution is -2.37. The van der Waals surface area contributed by atoms with Crippen molar-refractivity contribution >= 4 is 22.5 Å². The number of hydrogen-bond donors (Lipinski definition) is 1. The minimum Gasteiger partial charge on any atom is -0.392 e. The van der Waals surface area contributed by atoms with Gasteiger partial charge >= 0.3 is 0 Å². The Kier molecular flexibility index (Phi) is 3.69. The summed E-state index contributed by atoms with van der Waals surface area (Å²) in [6.45, 7) is 2.60. The molecule has 0 saturated carbocycles. The summed E-state index contributed by atoms with van der Waals surface area (Å²) in [5, 5.41) is 11.5. The Balaban J connectivity index is 1.90. The van der Waals surface area contributed by atoms with Crippen LogP contribution in [0, 0.1) is 0 Å². The number of nitrogens with zero attached hydrogens (tertiary/aromatic N) is 2. The van der Waals surface area contributed by atoms with Gasteiger partial charge in [-0.05, 0) is 43.1 Å². The van der Waals surface area contributed by atoms with E-state index >= 15 is 0 Å². The van der Waals surface area contributed by atoms with E-state index in [-0.39, 0.29) is 6.10 Å². The summed E-state index contributed by atoms with van der Waals surface area (Å²) < 4.78 is 0. The maximum atomic E-state index is 9.74. The van der Waals surface area contributed by atoms with Crippen LogP contribution in [0.3, 0.4) is 0 Å². The topological polar surface area (TPSA) is 36.4 Å². The zero-order valence-corrected chi connectivity index (χ0v) is 11.5. The third-order valence-corrected chi connectivity index (χ3v) is 4.00. The predicted octanol–water partition coefficient (Wildman–Crippen LogP) is 2.84. The number of rotatable bonds is 2. The van der Waals surface area contributed by atoms with Crippen LogP contribution in [0.4, 0.5) is 0 Å². The van der Waals surface area contributed by atoms with E-state index in [0.29, 0.717) is 0 Å². The highest BCUT2D eigenvalue weighted by molar-refractivity contribution is 6.35. The van der Waals surface area contributed by atoms with Gasteiger partial charge in [0.1, 0.15) is 0 Å². The van der Waals surface area contributed by atoms with Gasteiger partial charge in [0.05, 0.1) is 11.6 Å². The van der Waals surface area contributed by atoms with Crippen LogP contribution in [-0.2, 0) is 6.54 Å². The maximum absolute atomic E-state index is 9.74. The first-order valence-corrected chi connectivity index (χ1v) is 7.04. The van der Waals surface area contributed by atoms with Crippen molar-refractivity contribution in [1.82, 2.24) is 9.88 Å². The van der Waals surface area contributed by atoms with Crippen molar-refractivity contribution in [3.8, 4) is 0 Å². The van der Waals surface area contributed by atoms with Crippen LogP contribution < -0.4 is 0 Å². The molecule has 1 aliphatic rings. The number of benzene rings is 1. The Morgan fingerprint density at radius 2 is 2.26 bits per heavy atom. The van der Waals surface area contributed by atoms with Gasteiger partial charge in [0.25, 0.3) is 0 Å². The summed E-state index contributed by atoms with van der Waals surface area (Å²) in [5.41, 5.74) is 2.14. The molecule has 4 heteroatoms. The van der Waals surface area contributed by atoms with Gasteiger partial charge in [-0.2, -0.15) is 0 Å². The molecule has 1 aliphatic heterocycles. The first-order chi connectivity index (χ1) is 9.24. The molecule has 1 aromatic heterocycles. The van der Waals surface area contributed by atoms with Crippen LogP contribution in [0.5, 0.6) is 0 Å². The van der Waals surface area contributed by atoms with Gasteiger partial charge in [0, 0.05) is 29.7 Å². The van der Waals surface area contributed by atoms with Gasteiger partial charge in [-0.3, -0.25) is 9.88 Å². The second-order valence-electron chi connectivity index (χ2n) is 5.14.